The van der Waals surface area contributed by atoms with Crippen LogP contribution in [0.2, 0.25) is 0 Å². The molecule has 0 aliphatic carbocycles. The summed E-state index contributed by atoms with van der Waals surface area (Å²) >= 11 is 0. The van der Waals surface area contributed by atoms with Gasteiger partial charge in [-0.1, -0.05) is 44.2 Å². The Bertz CT molecular complexity index is 818. The van der Waals surface area contributed by atoms with Gasteiger partial charge < -0.3 is 10.1 Å². The summed E-state index contributed by atoms with van der Waals surface area (Å²) < 4.78 is 4.60. The number of nitro groups is 1. The smallest absolute Gasteiger partial charge is 0.338 e. The van der Waals surface area contributed by atoms with E-state index in [2.05, 4.69) is 10.1 Å². The van der Waals surface area contributed by atoms with Crippen molar-refractivity contribution < 1.29 is 19.2 Å². The van der Waals surface area contributed by atoms with Gasteiger partial charge >= 0.3 is 5.97 Å². The summed E-state index contributed by atoms with van der Waals surface area (Å²) in [6.45, 7) is 3.93. The largest absolute Gasteiger partial charge is 0.465 e. The van der Waals surface area contributed by atoms with E-state index in [4.69, 9.17) is 0 Å². The number of carbonyl (C=O) groups excluding carboxylic acids is 2. The number of ether oxygens (including phenoxy) is 1. The zero-order valence-electron chi connectivity index (χ0n) is 14.8. The molecule has 136 valence electrons. The molecule has 1 atom stereocenters. The van der Waals surface area contributed by atoms with Crippen LogP contribution >= 0.6 is 0 Å². The fourth-order valence-electron chi connectivity index (χ4n) is 2.60. The Morgan fingerprint density at radius 3 is 2.23 bits per heavy atom. The zero-order valence-corrected chi connectivity index (χ0v) is 14.8. The molecule has 7 nitrogen and oxygen atoms in total. The van der Waals surface area contributed by atoms with E-state index in [1.165, 1.54) is 13.2 Å². The lowest BCUT2D eigenvalue weighted by Crippen LogP contribution is -2.32. The van der Waals surface area contributed by atoms with Gasteiger partial charge in [-0.25, -0.2) is 4.79 Å². The second-order valence-corrected chi connectivity index (χ2v) is 6.12. The average molecular weight is 356 g/mol. The molecule has 7 heteroatoms. The van der Waals surface area contributed by atoms with Crippen molar-refractivity contribution in [3.8, 4) is 0 Å². The highest BCUT2D eigenvalue weighted by Gasteiger charge is 2.22. The number of hydrogen-bond donors (Lipinski definition) is 1. The molecule has 26 heavy (non-hydrogen) atoms. The van der Waals surface area contributed by atoms with Crippen LogP contribution in [0.25, 0.3) is 0 Å². The number of methoxy groups -OCH3 is 1. The van der Waals surface area contributed by atoms with Gasteiger partial charge in [0, 0.05) is 17.7 Å². The molecule has 0 saturated heterocycles. The van der Waals surface area contributed by atoms with Gasteiger partial charge in [-0.3, -0.25) is 14.9 Å². The number of nitro benzene ring substituents is 1. The van der Waals surface area contributed by atoms with Gasteiger partial charge in [0.15, 0.2) is 0 Å². The lowest BCUT2D eigenvalue weighted by Gasteiger charge is -2.23. The van der Waals surface area contributed by atoms with E-state index < -0.39 is 16.8 Å². The molecule has 1 N–H and O–H groups in total. The molecule has 0 bridgehead atoms. The number of nitrogens with zero attached hydrogens (tertiary/aromatic N) is 1. The highest BCUT2D eigenvalue weighted by atomic mass is 16.6. The van der Waals surface area contributed by atoms with E-state index in [1.54, 1.807) is 0 Å². The van der Waals surface area contributed by atoms with Gasteiger partial charge in [0.1, 0.15) is 0 Å². The molecule has 0 fully saturated rings. The summed E-state index contributed by atoms with van der Waals surface area (Å²) in [7, 11) is 1.17. The van der Waals surface area contributed by atoms with Gasteiger partial charge in [0.25, 0.3) is 11.6 Å². The maximum atomic E-state index is 12.7. The van der Waals surface area contributed by atoms with Gasteiger partial charge in [-0.2, -0.15) is 0 Å². The third-order valence-corrected chi connectivity index (χ3v) is 3.92. The van der Waals surface area contributed by atoms with Crippen LogP contribution in [-0.4, -0.2) is 23.9 Å². The van der Waals surface area contributed by atoms with Crippen molar-refractivity contribution in [2.75, 3.05) is 7.11 Å². The molecule has 2 rings (SSSR count). The molecule has 2 aromatic carbocycles. The fraction of sp³-hybridized carbons (Fsp3) is 0.263. The monoisotopic (exact) mass is 356 g/mol. The third-order valence-electron chi connectivity index (χ3n) is 3.92. The lowest BCUT2D eigenvalue weighted by atomic mass is 9.95. The van der Waals surface area contributed by atoms with Crippen molar-refractivity contribution in [3.05, 3.63) is 75.3 Å². The fourth-order valence-corrected chi connectivity index (χ4v) is 2.60. The van der Waals surface area contributed by atoms with Crippen molar-refractivity contribution in [1.82, 2.24) is 5.32 Å². The molecule has 0 aliphatic rings. The first kappa shape index (κ1) is 19.1. The Morgan fingerprint density at radius 2 is 1.69 bits per heavy atom. The normalized spacial score (nSPS) is 11.7. The molecule has 0 aromatic heterocycles. The number of esters is 1. The van der Waals surface area contributed by atoms with Crippen molar-refractivity contribution in [3.63, 3.8) is 0 Å². The minimum atomic E-state index is -0.744. The Labute approximate surface area is 151 Å². The van der Waals surface area contributed by atoms with Crippen LogP contribution < -0.4 is 5.32 Å². The predicted octanol–water partition coefficient (Wildman–Crippen LogP) is 3.51. The molecule has 0 spiro atoms. The SMILES string of the molecule is COC(=O)c1cc(C(=O)NC(c2ccccc2)C(C)C)cc([N+](=O)[O-])c1. The summed E-state index contributed by atoms with van der Waals surface area (Å²) in [6, 6.07) is 12.7. The van der Waals surface area contributed by atoms with Crippen LogP contribution in [0.4, 0.5) is 5.69 Å². The van der Waals surface area contributed by atoms with Crippen molar-refractivity contribution in [2.24, 2.45) is 5.92 Å². The van der Waals surface area contributed by atoms with Gasteiger partial charge in [0.05, 0.1) is 23.6 Å². The minimum Gasteiger partial charge on any atom is -0.465 e. The van der Waals surface area contributed by atoms with E-state index in [1.807, 2.05) is 44.2 Å². The summed E-state index contributed by atoms with van der Waals surface area (Å²) in [5, 5.41) is 14.0. The van der Waals surface area contributed by atoms with E-state index in [-0.39, 0.29) is 28.8 Å². The number of non-ortho nitro benzene ring substituents is 1. The van der Waals surface area contributed by atoms with Crippen LogP contribution in [-0.2, 0) is 4.74 Å². The summed E-state index contributed by atoms with van der Waals surface area (Å²) in [6.07, 6.45) is 0. The quantitative estimate of drug-likeness (QED) is 0.485. The number of hydrogen-bond acceptors (Lipinski definition) is 5. The number of amides is 1. The van der Waals surface area contributed by atoms with E-state index in [9.17, 15) is 19.7 Å². The number of nitrogens with one attached hydrogen (secondary N) is 1. The first-order valence-corrected chi connectivity index (χ1v) is 8.07. The Morgan fingerprint density at radius 1 is 1.08 bits per heavy atom. The second kappa shape index (κ2) is 8.24. The van der Waals surface area contributed by atoms with Crippen LogP contribution in [0.1, 0.15) is 46.2 Å². The second-order valence-electron chi connectivity index (χ2n) is 6.12. The molecule has 0 aliphatic heterocycles. The highest BCUT2D eigenvalue weighted by Crippen LogP contribution is 2.23. The summed E-state index contributed by atoms with van der Waals surface area (Å²) in [5.74, 6) is -1.15. The zero-order chi connectivity index (χ0) is 19.3. The Balaban J connectivity index is 2.37. The number of rotatable bonds is 6. The van der Waals surface area contributed by atoms with Gasteiger partial charge in [-0.05, 0) is 17.5 Å². The molecular weight excluding hydrogens is 336 g/mol. The topological polar surface area (TPSA) is 98.5 Å². The van der Waals surface area contributed by atoms with Crippen LogP contribution in [0, 0.1) is 16.0 Å². The highest BCUT2D eigenvalue weighted by molar-refractivity contribution is 5.99. The average Bonchev–Trinajstić information content (AvgIpc) is 2.65. The Kier molecular flexibility index (Phi) is 6.06. The molecule has 1 unspecified atom stereocenters. The van der Waals surface area contributed by atoms with Crippen LogP contribution in [0.15, 0.2) is 48.5 Å². The van der Waals surface area contributed by atoms with Crippen molar-refractivity contribution in [1.29, 1.82) is 0 Å². The van der Waals surface area contributed by atoms with Gasteiger partial charge in [0.2, 0.25) is 0 Å². The molecule has 0 saturated carbocycles. The van der Waals surface area contributed by atoms with E-state index >= 15 is 0 Å². The standard InChI is InChI=1S/C19H20N2O5/c1-12(2)17(13-7-5-4-6-8-13)20-18(22)14-9-15(19(23)26-3)11-16(10-14)21(24)25/h4-12,17H,1-3H3,(H,20,22). The summed E-state index contributed by atoms with van der Waals surface area (Å²) in [5.41, 5.74) is 0.558. The first-order valence-electron chi connectivity index (χ1n) is 8.07. The molecular formula is C19H20N2O5. The number of benzene rings is 2. The Hall–Kier alpha value is -3.22. The van der Waals surface area contributed by atoms with E-state index in [0.717, 1.165) is 17.7 Å². The summed E-state index contributed by atoms with van der Waals surface area (Å²) in [4.78, 5) is 34.9. The predicted molar refractivity (Wildman–Crippen MR) is 95.9 cm³/mol. The molecule has 2 aromatic rings. The minimum absolute atomic E-state index is 0.0289. The molecule has 0 radical (unpaired) electrons. The van der Waals surface area contributed by atoms with Gasteiger partial charge in [-0.15, -0.1) is 0 Å². The van der Waals surface area contributed by atoms with Crippen LogP contribution in [0.5, 0.6) is 0 Å². The molecule has 1 amide bonds. The van der Waals surface area contributed by atoms with E-state index in [0.29, 0.717) is 0 Å². The lowest BCUT2D eigenvalue weighted by molar-refractivity contribution is -0.384. The van der Waals surface area contributed by atoms with Crippen LogP contribution in [0.3, 0.4) is 0 Å². The molecule has 0 heterocycles. The number of carbonyl (C=O) groups is 2. The van der Waals surface area contributed by atoms with Crippen molar-refractivity contribution >= 4 is 17.6 Å². The first-order chi connectivity index (χ1) is 12.3. The maximum Gasteiger partial charge on any atom is 0.338 e. The maximum absolute atomic E-state index is 12.7. The van der Waals surface area contributed by atoms with Crippen molar-refractivity contribution in [2.45, 2.75) is 19.9 Å². The third kappa shape index (κ3) is 4.44.